The van der Waals surface area contributed by atoms with Gasteiger partial charge < -0.3 is 4.90 Å². The van der Waals surface area contributed by atoms with Crippen LogP contribution in [0.15, 0.2) is 22.9 Å². The number of rotatable bonds is 3. The van der Waals surface area contributed by atoms with Gasteiger partial charge in [0.2, 0.25) is 5.91 Å². The van der Waals surface area contributed by atoms with Crippen LogP contribution in [0.3, 0.4) is 0 Å². The van der Waals surface area contributed by atoms with Crippen LogP contribution in [-0.2, 0) is 24.2 Å². The van der Waals surface area contributed by atoms with E-state index < -0.39 is 0 Å². The molecule has 2 aliphatic heterocycles. The summed E-state index contributed by atoms with van der Waals surface area (Å²) in [6.45, 7) is 5.57. The number of carbonyl (C=O) groups is 1. The third-order valence-corrected chi connectivity index (χ3v) is 7.07. The number of carbonyl (C=O) groups excluding carboxylic acids is 1. The van der Waals surface area contributed by atoms with Gasteiger partial charge in [0.15, 0.2) is 0 Å². The van der Waals surface area contributed by atoms with Gasteiger partial charge in [-0.15, -0.1) is 22.7 Å². The summed E-state index contributed by atoms with van der Waals surface area (Å²) in [6.07, 6.45) is 3.11. The molecule has 2 aromatic rings. The van der Waals surface area contributed by atoms with Gasteiger partial charge in [-0.2, -0.15) is 0 Å². The fourth-order valence-electron chi connectivity index (χ4n) is 3.86. The predicted octanol–water partition coefficient (Wildman–Crippen LogP) is 3.70. The standard InChI is InChI=1S/C18H22N2OS2/c1-2-15-14-6-10-23-17(14)4-8-20(15)18(21)12-19-7-3-16-13(11-19)5-9-22-16/h5-6,9-10,15H,2-4,7-8,11-12H2,1H3. The smallest absolute Gasteiger partial charge is 0.237 e. The molecule has 2 aliphatic rings. The average molecular weight is 347 g/mol. The SMILES string of the molecule is CCC1c2ccsc2CCN1C(=O)CN1CCc2sccc2C1. The molecule has 5 heteroatoms. The van der Waals surface area contributed by atoms with E-state index >= 15 is 0 Å². The second-order valence-corrected chi connectivity index (χ2v) is 8.39. The molecule has 0 bridgehead atoms. The van der Waals surface area contributed by atoms with Gasteiger partial charge in [-0.3, -0.25) is 9.69 Å². The van der Waals surface area contributed by atoms with Crippen LogP contribution in [0.1, 0.15) is 40.3 Å². The van der Waals surface area contributed by atoms with E-state index in [-0.39, 0.29) is 6.04 Å². The molecule has 0 aliphatic carbocycles. The predicted molar refractivity (Wildman–Crippen MR) is 96.1 cm³/mol. The Labute approximate surface area is 145 Å². The lowest BCUT2D eigenvalue weighted by Gasteiger charge is -2.37. The van der Waals surface area contributed by atoms with Gasteiger partial charge in [0, 0.05) is 29.4 Å². The van der Waals surface area contributed by atoms with Gasteiger partial charge in [0.1, 0.15) is 0 Å². The highest BCUT2D eigenvalue weighted by molar-refractivity contribution is 7.10. The highest BCUT2D eigenvalue weighted by Crippen LogP contribution is 2.35. The van der Waals surface area contributed by atoms with E-state index in [0.29, 0.717) is 12.5 Å². The van der Waals surface area contributed by atoms with Gasteiger partial charge in [0.05, 0.1) is 12.6 Å². The molecule has 23 heavy (non-hydrogen) atoms. The molecule has 4 rings (SSSR count). The lowest BCUT2D eigenvalue weighted by Crippen LogP contribution is -2.45. The first kappa shape index (κ1) is 15.4. The molecule has 0 saturated carbocycles. The van der Waals surface area contributed by atoms with Crippen LogP contribution in [0.4, 0.5) is 0 Å². The van der Waals surface area contributed by atoms with Crippen LogP contribution in [0.2, 0.25) is 0 Å². The minimum Gasteiger partial charge on any atom is -0.334 e. The second-order valence-electron chi connectivity index (χ2n) is 6.39. The van der Waals surface area contributed by atoms with Gasteiger partial charge in [-0.1, -0.05) is 6.92 Å². The number of hydrogen-bond acceptors (Lipinski definition) is 4. The quantitative estimate of drug-likeness (QED) is 0.846. The van der Waals surface area contributed by atoms with Crippen molar-refractivity contribution in [1.82, 2.24) is 9.80 Å². The highest BCUT2D eigenvalue weighted by Gasteiger charge is 2.31. The van der Waals surface area contributed by atoms with Crippen molar-refractivity contribution in [2.24, 2.45) is 0 Å². The maximum atomic E-state index is 12.9. The molecule has 0 radical (unpaired) electrons. The Kier molecular flexibility index (Phi) is 4.26. The van der Waals surface area contributed by atoms with Gasteiger partial charge in [-0.25, -0.2) is 0 Å². The Hall–Kier alpha value is -1.17. The normalized spacial score (nSPS) is 21.1. The summed E-state index contributed by atoms with van der Waals surface area (Å²) in [5.41, 5.74) is 2.80. The summed E-state index contributed by atoms with van der Waals surface area (Å²) in [5.74, 6) is 0.298. The van der Waals surface area contributed by atoms with Crippen molar-refractivity contribution in [1.29, 1.82) is 0 Å². The molecule has 3 nitrogen and oxygen atoms in total. The summed E-state index contributed by atoms with van der Waals surface area (Å²) < 4.78 is 0. The zero-order valence-corrected chi connectivity index (χ0v) is 15.1. The molecular weight excluding hydrogens is 324 g/mol. The monoisotopic (exact) mass is 346 g/mol. The average Bonchev–Trinajstić information content (AvgIpc) is 3.21. The van der Waals surface area contributed by atoms with Crippen LogP contribution in [0.25, 0.3) is 0 Å². The summed E-state index contributed by atoms with van der Waals surface area (Å²) >= 11 is 3.69. The van der Waals surface area contributed by atoms with Crippen LogP contribution in [-0.4, -0.2) is 35.3 Å². The number of nitrogens with zero attached hydrogens (tertiary/aromatic N) is 2. The fraction of sp³-hybridized carbons (Fsp3) is 0.500. The molecular formula is C18H22N2OS2. The third-order valence-electron chi connectivity index (χ3n) is 5.05. The van der Waals surface area contributed by atoms with Crippen LogP contribution >= 0.6 is 22.7 Å². The van der Waals surface area contributed by atoms with E-state index in [9.17, 15) is 4.79 Å². The molecule has 2 aromatic heterocycles. The van der Waals surface area contributed by atoms with E-state index in [4.69, 9.17) is 0 Å². The Morgan fingerprint density at radius 2 is 1.96 bits per heavy atom. The van der Waals surface area contributed by atoms with Crippen LogP contribution in [0.5, 0.6) is 0 Å². The maximum absolute atomic E-state index is 12.9. The molecule has 0 N–H and O–H groups in total. The Morgan fingerprint density at radius 1 is 1.17 bits per heavy atom. The van der Waals surface area contributed by atoms with E-state index in [2.05, 4.69) is 39.6 Å². The van der Waals surface area contributed by atoms with Gasteiger partial charge >= 0.3 is 0 Å². The van der Waals surface area contributed by atoms with Crippen LogP contribution < -0.4 is 0 Å². The first-order valence-corrected chi connectivity index (χ1v) is 10.2. The summed E-state index contributed by atoms with van der Waals surface area (Å²) in [6, 6.07) is 4.70. The number of hydrogen-bond donors (Lipinski definition) is 0. The minimum absolute atomic E-state index is 0.277. The summed E-state index contributed by atoms with van der Waals surface area (Å²) in [7, 11) is 0. The van der Waals surface area contributed by atoms with E-state index in [1.165, 1.54) is 20.9 Å². The van der Waals surface area contributed by atoms with Crippen molar-refractivity contribution in [3.05, 3.63) is 43.8 Å². The van der Waals surface area contributed by atoms with Gasteiger partial charge in [0.25, 0.3) is 0 Å². The lowest BCUT2D eigenvalue weighted by molar-refractivity contribution is -0.135. The number of thiophene rings is 2. The Bertz CT molecular complexity index is 705. The van der Waals surface area contributed by atoms with Crippen molar-refractivity contribution in [2.45, 2.75) is 38.8 Å². The number of amides is 1. The molecule has 0 saturated heterocycles. The third kappa shape index (κ3) is 2.86. The highest BCUT2D eigenvalue weighted by atomic mass is 32.1. The topological polar surface area (TPSA) is 23.6 Å². The molecule has 4 heterocycles. The zero-order chi connectivity index (χ0) is 15.8. The van der Waals surface area contributed by atoms with Crippen molar-refractivity contribution in [3.63, 3.8) is 0 Å². The zero-order valence-electron chi connectivity index (χ0n) is 13.5. The van der Waals surface area contributed by atoms with Gasteiger partial charge in [-0.05, 0) is 53.3 Å². The first-order chi connectivity index (χ1) is 11.3. The van der Waals surface area contributed by atoms with Crippen molar-refractivity contribution >= 4 is 28.6 Å². The molecule has 0 aromatic carbocycles. The van der Waals surface area contributed by atoms with Crippen molar-refractivity contribution in [3.8, 4) is 0 Å². The fourth-order valence-corrected chi connectivity index (χ4v) is 5.68. The van der Waals surface area contributed by atoms with E-state index in [0.717, 1.165) is 38.9 Å². The van der Waals surface area contributed by atoms with Crippen LogP contribution in [0, 0.1) is 0 Å². The number of fused-ring (bicyclic) bond motifs is 2. The summed E-state index contributed by atoms with van der Waals surface area (Å²) in [4.78, 5) is 20.3. The summed E-state index contributed by atoms with van der Waals surface area (Å²) in [5, 5.41) is 4.34. The Balaban J connectivity index is 1.45. The molecule has 0 fully saturated rings. The molecule has 1 amide bonds. The first-order valence-electron chi connectivity index (χ1n) is 8.39. The molecule has 1 atom stereocenters. The second kappa shape index (κ2) is 6.38. The van der Waals surface area contributed by atoms with Crippen molar-refractivity contribution < 1.29 is 4.79 Å². The van der Waals surface area contributed by atoms with E-state index in [1.807, 2.05) is 22.7 Å². The van der Waals surface area contributed by atoms with Crippen molar-refractivity contribution in [2.75, 3.05) is 19.6 Å². The molecule has 1 unspecified atom stereocenters. The lowest BCUT2D eigenvalue weighted by atomic mass is 9.97. The largest absolute Gasteiger partial charge is 0.334 e. The molecule has 122 valence electrons. The maximum Gasteiger partial charge on any atom is 0.237 e. The molecule has 0 spiro atoms. The van der Waals surface area contributed by atoms with E-state index in [1.54, 1.807) is 0 Å². The minimum atomic E-state index is 0.277. The Morgan fingerprint density at radius 3 is 2.83 bits per heavy atom.